The van der Waals surface area contributed by atoms with Gasteiger partial charge in [-0.05, 0) is 31.2 Å². The molecule has 0 amide bonds. The Morgan fingerprint density at radius 2 is 2.12 bits per heavy atom. The van der Waals surface area contributed by atoms with Crippen molar-refractivity contribution in [2.24, 2.45) is 0 Å². The summed E-state index contributed by atoms with van der Waals surface area (Å²) in [5.74, 6) is 1.54. The lowest BCUT2D eigenvalue weighted by atomic mass is 10.3. The quantitative estimate of drug-likeness (QED) is 0.882. The zero-order valence-electron chi connectivity index (χ0n) is 9.79. The highest BCUT2D eigenvalue weighted by atomic mass is 19.1. The number of methoxy groups -OCH3 is 1. The van der Waals surface area contributed by atoms with Gasteiger partial charge in [0.1, 0.15) is 11.5 Å². The number of aryl methyl sites for hydroxylation is 1. The molecule has 0 bridgehead atoms. The molecule has 2 aromatic rings. The van der Waals surface area contributed by atoms with Gasteiger partial charge in [-0.25, -0.2) is 4.39 Å². The van der Waals surface area contributed by atoms with Crippen molar-refractivity contribution in [2.45, 2.75) is 13.5 Å². The summed E-state index contributed by atoms with van der Waals surface area (Å²) in [7, 11) is 1.44. The summed E-state index contributed by atoms with van der Waals surface area (Å²) in [5.41, 5.74) is 0.692. The van der Waals surface area contributed by atoms with E-state index in [0.29, 0.717) is 12.2 Å². The summed E-state index contributed by atoms with van der Waals surface area (Å²) in [6, 6.07) is 8.53. The van der Waals surface area contributed by atoms with Crippen LogP contribution in [0.5, 0.6) is 5.75 Å². The monoisotopic (exact) mass is 235 g/mol. The lowest BCUT2D eigenvalue weighted by Gasteiger charge is -2.06. The average molecular weight is 235 g/mol. The summed E-state index contributed by atoms with van der Waals surface area (Å²) >= 11 is 0. The number of hydrogen-bond acceptors (Lipinski definition) is 3. The minimum Gasteiger partial charge on any atom is -0.494 e. The van der Waals surface area contributed by atoms with E-state index in [1.807, 2.05) is 19.1 Å². The number of furan rings is 1. The molecule has 1 aromatic carbocycles. The summed E-state index contributed by atoms with van der Waals surface area (Å²) in [6.07, 6.45) is 0. The van der Waals surface area contributed by atoms with Crippen molar-refractivity contribution in [3.05, 3.63) is 47.7 Å². The van der Waals surface area contributed by atoms with E-state index < -0.39 is 0 Å². The highest BCUT2D eigenvalue weighted by Gasteiger charge is 2.04. The van der Waals surface area contributed by atoms with Crippen LogP contribution in [-0.4, -0.2) is 7.11 Å². The maximum atomic E-state index is 13.4. The fourth-order valence-electron chi connectivity index (χ4n) is 1.55. The van der Waals surface area contributed by atoms with Crippen LogP contribution in [0.1, 0.15) is 11.5 Å². The number of anilines is 1. The first-order valence-corrected chi connectivity index (χ1v) is 5.32. The number of nitrogens with one attached hydrogen (secondary N) is 1. The third kappa shape index (κ3) is 2.78. The Balaban J connectivity index is 2.02. The highest BCUT2D eigenvalue weighted by Crippen LogP contribution is 2.21. The molecule has 0 atom stereocenters. The SMILES string of the molecule is COc1ccc(NCc2ccc(C)o2)cc1F. The minimum atomic E-state index is -0.381. The Bertz CT molecular complexity index is 508. The zero-order chi connectivity index (χ0) is 12.3. The molecule has 0 saturated heterocycles. The van der Waals surface area contributed by atoms with Gasteiger partial charge in [-0.15, -0.1) is 0 Å². The molecule has 0 unspecified atom stereocenters. The molecule has 17 heavy (non-hydrogen) atoms. The molecular weight excluding hydrogens is 221 g/mol. The van der Waals surface area contributed by atoms with Crippen LogP contribution < -0.4 is 10.1 Å². The first-order chi connectivity index (χ1) is 8.19. The lowest BCUT2D eigenvalue weighted by Crippen LogP contribution is -1.99. The van der Waals surface area contributed by atoms with E-state index in [0.717, 1.165) is 11.5 Å². The van der Waals surface area contributed by atoms with E-state index in [1.54, 1.807) is 12.1 Å². The predicted molar refractivity (Wildman–Crippen MR) is 63.7 cm³/mol. The van der Waals surface area contributed by atoms with Crippen LogP contribution in [0.4, 0.5) is 10.1 Å². The standard InChI is InChI=1S/C13H14FNO2/c1-9-3-5-11(17-9)8-15-10-4-6-13(16-2)12(14)7-10/h3-7,15H,8H2,1-2H3. The predicted octanol–water partition coefficient (Wildman–Crippen LogP) is 3.35. The van der Waals surface area contributed by atoms with E-state index in [4.69, 9.17) is 9.15 Å². The molecule has 90 valence electrons. The fraction of sp³-hybridized carbons (Fsp3) is 0.231. The number of hydrogen-bond donors (Lipinski definition) is 1. The average Bonchev–Trinajstić information content (AvgIpc) is 2.73. The lowest BCUT2D eigenvalue weighted by molar-refractivity contribution is 0.386. The maximum absolute atomic E-state index is 13.4. The molecule has 0 saturated carbocycles. The van der Waals surface area contributed by atoms with Gasteiger partial charge in [0.15, 0.2) is 11.6 Å². The van der Waals surface area contributed by atoms with Crippen molar-refractivity contribution in [1.29, 1.82) is 0 Å². The van der Waals surface area contributed by atoms with Crippen LogP contribution >= 0.6 is 0 Å². The van der Waals surface area contributed by atoms with Crippen molar-refractivity contribution in [2.75, 3.05) is 12.4 Å². The third-order valence-corrected chi connectivity index (χ3v) is 2.41. The normalized spacial score (nSPS) is 10.3. The van der Waals surface area contributed by atoms with E-state index in [-0.39, 0.29) is 11.6 Å². The van der Waals surface area contributed by atoms with Crippen LogP contribution in [0.2, 0.25) is 0 Å². The molecular formula is C13H14FNO2. The zero-order valence-corrected chi connectivity index (χ0v) is 9.79. The second-order valence-electron chi connectivity index (χ2n) is 3.72. The molecule has 0 spiro atoms. The molecule has 2 rings (SSSR count). The Labute approximate surface area is 99.2 Å². The molecule has 1 N–H and O–H groups in total. The van der Waals surface area contributed by atoms with Crippen molar-refractivity contribution < 1.29 is 13.5 Å². The highest BCUT2D eigenvalue weighted by molar-refractivity contribution is 5.47. The van der Waals surface area contributed by atoms with Crippen LogP contribution in [0.25, 0.3) is 0 Å². The Kier molecular flexibility index (Phi) is 3.32. The number of rotatable bonds is 4. The largest absolute Gasteiger partial charge is 0.494 e. The Morgan fingerprint density at radius 1 is 1.29 bits per heavy atom. The first kappa shape index (κ1) is 11.5. The molecule has 4 heteroatoms. The van der Waals surface area contributed by atoms with E-state index in [9.17, 15) is 4.39 Å². The molecule has 0 aliphatic carbocycles. The van der Waals surface area contributed by atoms with E-state index >= 15 is 0 Å². The summed E-state index contributed by atoms with van der Waals surface area (Å²) in [6.45, 7) is 2.41. The van der Waals surface area contributed by atoms with Gasteiger partial charge in [-0.1, -0.05) is 0 Å². The second kappa shape index (κ2) is 4.91. The van der Waals surface area contributed by atoms with E-state index in [1.165, 1.54) is 13.2 Å². The molecule has 1 aromatic heterocycles. The van der Waals surface area contributed by atoms with Crippen LogP contribution in [0.3, 0.4) is 0 Å². The molecule has 0 aliphatic heterocycles. The van der Waals surface area contributed by atoms with Gasteiger partial charge in [0, 0.05) is 11.8 Å². The number of halogens is 1. The fourth-order valence-corrected chi connectivity index (χ4v) is 1.55. The Morgan fingerprint density at radius 3 is 2.71 bits per heavy atom. The molecule has 0 fully saturated rings. The van der Waals surface area contributed by atoms with Crippen molar-refractivity contribution >= 4 is 5.69 Å². The van der Waals surface area contributed by atoms with Gasteiger partial charge < -0.3 is 14.5 Å². The van der Waals surface area contributed by atoms with Gasteiger partial charge in [0.2, 0.25) is 0 Å². The van der Waals surface area contributed by atoms with Gasteiger partial charge >= 0.3 is 0 Å². The van der Waals surface area contributed by atoms with Crippen LogP contribution in [-0.2, 0) is 6.54 Å². The minimum absolute atomic E-state index is 0.240. The first-order valence-electron chi connectivity index (χ1n) is 5.32. The number of ether oxygens (including phenoxy) is 1. The molecule has 0 aliphatic rings. The van der Waals surface area contributed by atoms with Crippen molar-refractivity contribution in [1.82, 2.24) is 0 Å². The summed E-state index contributed by atoms with van der Waals surface area (Å²) in [5, 5.41) is 3.08. The summed E-state index contributed by atoms with van der Waals surface area (Å²) in [4.78, 5) is 0. The van der Waals surface area contributed by atoms with Gasteiger partial charge in [0.25, 0.3) is 0 Å². The van der Waals surface area contributed by atoms with Crippen LogP contribution in [0.15, 0.2) is 34.7 Å². The second-order valence-corrected chi connectivity index (χ2v) is 3.72. The Hall–Kier alpha value is -1.97. The maximum Gasteiger partial charge on any atom is 0.167 e. The van der Waals surface area contributed by atoms with Crippen molar-refractivity contribution in [3.8, 4) is 5.75 Å². The molecule has 0 radical (unpaired) electrons. The third-order valence-electron chi connectivity index (χ3n) is 2.41. The smallest absolute Gasteiger partial charge is 0.167 e. The van der Waals surface area contributed by atoms with Crippen LogP contribution in [0, 0.1) is 12.7 Å². The summed E-state index contributed by atoms with van der Waals surface area (Å²) < 4.78 is 23.6. The van der Waals surface area contributed by atoms with Gasteiger partial charge in [-0.2, -0.15) is 0 Å². The van der Waals surface area contributed by atoms with Gasteiger partial charge in [-0.3, -0.25) is 0 Å². The van der Waals surface area contributed by atoms with Crippen molar-refractivity contribution in [3.63, 3.8) is 0 Å². The van der Waals surface area contributed by atoms with Gasteiger partial charge in [0.05, 0.1) is 13.7 Å². The topological polar surface area (TPSA) is 34.4 Å². The molecule has 1 heterocycles. The molecule has 3 nitrogen and oxygen atoms in total. The van der Waals surface area contributed by atoms with E-state index in [2.05, 4.69) is 5.32 Å². The number of benzene rings is 1.